The van der Waals surface area contributed by atoms with Gasteiger partial charge in [-0.15, -0.1) is 0 Å². The van der Waals surface area contributed by atoms with Crippen LogP contribution in [0.2, 0.25) is 5.02 Å². The molecule has 3 nitrogen and oxygen atoms in total. The van der Waals surface area contributed by atoms with Crippen LogP contribution in [0.15, 0.2) is 42.5 Å². The zero-order chi connectivity index (χ0) is 14.7. The van der Waals surface area contributed by atoms with Gasteiger partial charge in [0, 0.05) is 5.02 Å². The molecule has 2 rings (SSSR count). The summed E-state index contributed by atoms with van der Waals surface area (Å²) in [5.74, 6) is -1.37. The van der Waals surface area contributed by atoms with Gasteiger partial charge in [0.15, 0.2) is 0 Å². The molecule has 0 bridgehead atoms. The van der Waals surface area contributed by atoms with Crippen LogP contribution in [0, 0.1) is 5.82 Å². The topological polar surface area (TPSA) is 49.3 Å². The number of phenolic OH excluding ortho intramolecular Hbond substituents is 1. The normalized spacial score (nSPS) is 11.9. The summed E-state index contributed by atoms with van der Waals surface area (Å²) in [5, 5.41) is 12.9. The van der Waals surface area contributed by atoms with Gasteiger partial charge in [-0.1, -0.05) is 23.7 Å². The number of benzene rings is 2. The van der Waals surface area contributed by atoms with Crippen molar-refractivity contribution in [3.8, 4) is 5.75 Å². The second-order valence-corrected chi connectivity index (χ2v) is 4.84. The predicted octanol–water partition coefficient (Wildman–Crippen LogP) is 3.68. The quantitative estimate of drug-likeness (QED) is 0.907. The number of carbonyl (C=O) groups excluding carboxylic acids is 1. The zero-order valence-electron chi connectivity index (χ0n) is 10.7. The third kappa shape index (κ3) is 3.27. The monoisotopic (exact) mass is 293 g/mol. The van der Waals surface area contributed by atoms with Gasteiger partial charge in [-0.05, 0) is 42.8 Å². The maximum absolute atomic E-state index is 13.1. The molecular formula is C15H13ClFNO2. The van der Waals surface area contributed by atoms with Crippen molar-refractivity contribution in [2.45, 2.75) is 13.0 Å². The second-order valence-electron chi connectivity index (χ2n) is 4.41. The molecule has 104 valence electrons. The van der Waals surface area contributed by atoms with Crippen LogP contribution < -0.4 is 5.32 Å². The van der Waals surface area contributed by atoms with Gasteiger partial charge in [0.2, 0.25) is 0 Å². The fourth-order valence-electron chi connectivity index (χ4n) is 1.80. The van der Waals surface area contributed by atoms with E-state index in [-0.39, 0.29) is 17.4 Å². The van der Waals surface area contributed by atoms with Gasteiger partial charge in [0.05, 0.1) is 11.6 Å². The summed E-state index contributed by atoms with van der Waals surface area (Å²) < 4.78 is 13.1. The van der Waals surface area contributed by atoms with Crippen LogP contribution in [0.3, 0.4) is 0 Å². The van der Waals surface area contributed by atoms with E-state index in [1.54, 1.807) is 31.2 Å². The molecule has 0 aromatic heterocycles. The van der Waals surface area contributed by atoms with Gasteiger partial charge in [-0.2, -0.15) is 0 Å². The molecule has 5 heteroatoms. The van der Waals surface area contributed by atoms with Gasteiger partial charge in [-0.25, -0.2) is 4.39 Å². The van der Waals surface area contributed by atoms with Crippen LogP contribution in [-0.4, -0.2) is 11.0 Å². The van der Waals surface area contributed by atoms with Crippen LogP contribution in [-0.2, 0) is 0 Å². The highest BCUT2D eigenvalue weighted by Gasteiger charge is 2.15. The SMILES string of the molecule is CC(NC(=O)c1cc(F)ccc1O)c1ccc(Cl)cc1. The molecule has 0 aliphatic heterocycles. The maximum atomic E-state index is 13.1. The number of phenols is 1. The number of amides is 1. The van der Waals surface area contributed by atoms with Crippen LogP contribution >= 0.6 is 11.6 Å². The van der Waals surface area contributed by atoms with E-state index in [4.69, 9.17) is 11.6 Å². The molecule has 0 saturated carbocycles. The van der Waals surface area contributed by atoms with Crippen molar-refractivity contribution in [2.24, 2.45) is 0 Å². The summed E-state index contributed by atoms with van der Waals surface area (Å²) in [4.78, 5) is 12.0. The summed E-state index contributed by atoms with van der Waals surface area (Å²) in [6.07, 6.45) is 0. The molecule has 0 heterocycles. The molecule has 1 amide bonds. The first kappa shape index (κ1) is 14.3. The number of nitrogens with one attached hydrogen (secondary N) is 1. The fraction of sp³-hybridized carbons (Fsp3) is 0.133. The average Bonchev–Trinajstić information content (AvgIpc) is 2.42. The number of halogens is 2. The van der Waals surface area contributed by atoms with Gasteiger partial charge in [0.25, 0.3) is 5.91 Å². The van der Waals surface area contributed by atoms with E-state index in [0.717, 1.165) is 23.8 Å². The minimum absolute atomic E-state index is 0.0918. The number of rotatable bonds is 3. The molecule has 0 fully saturated rings. The van der Waals surface area contributed by atoms with Crippen molar-refractivity contribution in [1.29, 1.82) is 0 Å². The first-order chi connectivity index (χ1) is 9.47. The first-order valence-corrected chi connectivity index (χ1v) is 6.40. The van der Waals surface area contributed by atoms with E-state index >= 15 is 0 Å². The maximum Gasteiger partial charge on any atom is 0.255 e. The Bertz CT molecular complexity index is 628. The summed E-state index contributed by atoms with van der Waals surface area (Å²) in [6.45, 7) is 1.79. The van der Waals surface area contributed by atoms with Gasteiger partial charge in [0.1, 0.15) is 11.6 Å². The molecular weight excluding hydrogens is 281 g/mol. The number of hydrogen-bond acceptors (Lipinski definition) is 2. The van der Waals surface area contributed by atoms with E-state index in [9.17, 15) is 14.3 Å². The van der Waals surface area contributed by atoms with Crippen molar-refractivity contribution < 1.29 is 14.3 Å². The highest BCUT2D eigenvalue weighted by molar-refractivity contribution is 6.30. The van der Waals surface area contributed by atoms with Crippen molar-refractivity contribution in [1.82, 2.24) is 5.32 Å². The van der Waals surface area contributed by atoms with Crippen molar-refractivity contribution in [3.05, 3.63) is 64.4 Å². The number of carbonyl (C=O) groups is 1. The Hall–Kier alpha value is -2.07. The Morgan fingerprint density at radius 1 is 1.25 bits per heavy atom. The lowest BCUT2D eigenvalue weighted by Crippen LogP contribution is -2.26. The average molecular weight is 294 g/mol. The Kier molecular flexibility index (Phi) is 4.25. The van der Waals surface area contributed by atoms with Crippen LogP contribution in [0.25, 0.3) is 0 Å². The highest BCUT2D eigenvalue weighted by Crippen LogP contribution is 2.20. The van der Waals surface area contributed by atoms with Gasteiger partial charge < -0.3 is 10.4 Å². The molecule has 2 aromatic rings. The molecule has 0 aliphatic rings. The lowest BCUT2D eigenvalue weighted by Gasteiger charge is -2.15. The van der Waals surface area contributed by atoms with Crippen LogP contribution in [0.4, 0.5) is 4.39 Å². The third-order valence-electron chi connectivity index (χ3n) is 2.92. The smallest absolute Gasteiger partial charge is 0.255 e. The van der Waals surface area contributed by atoms with Gasteiger partial charge in [-0.3, -0.25) is 4.79 Å². The lowest BCUT2D eigenvalue weighted by molar-refractivity contribution is 0.0936. The molecule has 1 unspecified atom stereocenters. The Labute approximate surface area is 121 Å². The minimum atomic E-state index is -0.577. The van der Waals surface area contributed by atoms with Crippen LogP contribution in [0.1, 0.15) is 28.9 Å². The standard InChI is InChI=1S/C15H13ClFNO2/c1-9(10-2-4-11(16)5-3-10)18-15(20)13-8-12(17)6-7-14(13)19/h2-9,19H,1H3,(H,18,20). The van der Waals surface area contributed by atoms with E-state index in [2.05, 4.69) is 5.32 Å². The van der Waals surface area contributed by atoms with Crippen LogP contribution in [0.5, 0.6) is 5.75 Å². The first-order valence-electron chi connectivity index (χ1n) is 6.02. The predicted molar refractivity (Wildman–Crippen MR) is 75.4 cm³/mol. The molecule has 2 aromatic carbocycles. The Morgan fingerprint density at radius 2 is 1.90 bits per heavy atom. The van der Waals surface area contributed by atoms with E-state index in [1.165, 1.54) is 0 Å². The Balaban J connectivity index is 2.15. The van der Waals surface area contributed by atoms with Crippen molar-refractivity contribution in [3.63, 3.8) is 0 Å². The molecule has 2 N–H and O–H groups in total. The molecule has 0 radical (unpaired) electrons. The van der Waals surface area contributed by atoms with E-state index in [0.29, 0.717) is 5.02 Å². The van der Waals surface area contributed by atoms with Gasteiger partial charge >= 0.3 is 0 Å². The molecule has 0 saturated heterocycles. The largest absolute Gasteiger partial charge is 0.507 e. The highest BCUT2D eigenvalue weighted by atomic mass is 35.5. The molecule has 20 heavy (non-hydrogen) atoms. The summed E-state index contributed by atoms with van der Waals surface area (Å²) in [6, 6.07) is 9.98. The number of aromatic hydroxyl groups is 1. The van der Waals surface area contributed by atoms with E-state index < -0.39 is 11.7 Å². The third-order valence-corrected chi connectivity index (χ3v) is 3.17. The summed E-state index contributed by atoms with van der Waals surface area (Å²) in [5.41, 5.74) is 0.768. The lowest BCUT2D eigenvalue weighted by atomic mass is 10.1. The zero-order valence-corrected chi connectivity index (χ0v) is 11.5. The Morgan fingerprint density at radius 3 is 2.55 bits per heavy atom. The molecule has 0 aliphatic carbocycles. The van der Waals surface area contributed by atoms with Crippen molar-refractivity contribution in [2.75, 3.05) is 0 Å². The fourth-order valence-corrected chi connectivity index (χ4v) is 1.93. The molecule has 1 atom stereocenters. The van der Waals surface area contributed by atoms with E-state index in [1.807, 2.05) is 0 Å². The molecule has 0 spiro atoms. The summed E-state index contributed by atoms with van der Waals surface area (Å²) in [7, 11) is 0. The van der Waals surface area contributed by atoms with Crippen molar-refractivity contribution >= 4 is 17.5 Å². The second kappa shape index (κ2) is 5.92. The minimum Gasteiger partial charge on any atom is -0.507 e. The summed E-state index contributed by atoms with van der Waals surface area (Å²) >= 11 is 5.79. The number of hydrogen-bond donors (Lipinski definition) is 2.